The molecule has 0 bridgehead atoms. The summed E-state index contributed by atoms with van der Waals surface area (Å²) in [5.74, 6) is 0.445. The molecule has 1 heterocycles. The lowest BCUT2D eigenvalue weighted by atomic mass is 10.0. The van der Waals surface area contributed by atoms with Gasteiger partial charge in [0.15, 0.2) is 0 Å². The quantitative estimate of drug-likeness (QED) is 0.879. The number of rotatable bonds is 4. The number of fused-ring (bicyclic) bond motifs is 1. The van der Waals surface area contributed by atoms with Gasteiger partial charge in [-0.2, -0.15) is 4.31 Å². The predicted molar refractivity (Wildman–Crippen MR) is 74.9 cm³/mol. The monoisotopic (exact) mass is 298 g/mol. The Kier molecular flexibility index (Phi) is 4.29. The van der Waals surface area contributed by atoms with Gasteiger partial charge in [-0.3, -0.25) is 4.79 Å². The normalized spacial score (nSPS) is 18.2. The maximum Gasteiger partial charge on any atom is 0.235 e. The van der Waals surface area contributed by atoms with E-state index in [1.807, 2.05) is 24.3 Å². The second kappa shape index (κ2) is 5.80. The van der Waals surface area contributed by atoms with E-state index < -0.39 is 10.0 Å². The van der Waals surface area contributed by atoms with E-state index in [0.29, 0.717) is 13.0 Å². The van der Waals surface area contributed by atoms with Crippen molar-refractivity contribution in [3.05, 3.63) is 29.8 Å². The predicted octanol–water partition coefficient (Wildman–Crippen LogP) is 0.518. The molecule has 0 spiro atoms. The van der Waals surface area contributed by atoms with Gasteiger partial charge in [0.2, 0.25) is 15.9 Å². The van der Waals surface area contributed by atoms with Crippen LogP contribution in [0.3, 0.4) is 0 Å². The van der Waals surface area contributed by atoms with E-state index in [-0.39, 0.29) is 18.5 Å². The summed E-state index contributed by atoms with van der Waals surface area (Å²) >= 11 is 0. The first kappa shape index (κ1) is 14.8. The third kappa shape index (κ3) is 3.49. The van der Waals surface area contributed by atoms with Crippen molar-refractivity contribution in [2.75, 3.05) is 26.5 Å². The van der Waals surface area contributed by atoms with Gasteiger partial charge in [-0.1, -0.05) is 18.2 Å². The minimum absolute atomic E-state index is 0.139. The fraction of sp³-hybridized carbons (Fsp3) is 0.462. The molecule has 0 saturated heterocycles. The van der Waals surface area contributed by atoms with Crippen molar-refractivity contribution in [3.63, 3.8) is 0 Å². The number of ether oxygens (including phenoxy) is 1. The van der Waals surface area contributed by atoms with Crippen molar-refractivity contribution in [2.24, 2.45) is 0 Å². The highest BCUT2D eigenvalue weighted by molar-refractivity contribution is 7.88. The zero-order chi connectivity index (χ0) is 14.8. The highest BCUT2D eigenvalue weighted by atomic mass is 32.2. The number of hydrogen-bond acceptors (Lipinski definition) is 4. The summed E-state index contributed by atoms with van der Waals surface area (Å²) in [6, 6.07) is 7.38. The number of benzene rings is 1. The van der Waals surface area contributed by atoms with Crippen LogP contribution in [0, 0.1) is 0 Å². The Morgan fingerprint density at radius 3 is 2.85 bits per heavy atom. The highest BCUT2D eigenvalue weighted by Gasteiger charge is 2.24. The van der Waals surface area contributed by atoms with Gasteiger partial charge in [-0.25, -0.2) is 8.42 Å². The van der Waals surface area contributed by atoms with Gasteiger partial charge in [-0.05, 0) is 6.07 Å². The molecule has 6 nitrogen and oxygen atoms in total. The standard InChI is InChI=1S/C13H18N2O4S/c1-15(20(2,17)18)9-13(16)14-11-7-8-19-12-6-4-3-5-10(11)12/h3-6,11H,7-9H2,1-2H3,(H,14,16)/t11-/m0/s1. The number of amides is 1. The fourth-order valence-corrected chi connectivity index (χ4v) is 2.40. The third-order valence-corrected chi connectivity index (χ3v) is 4.49. The lowest BCUT2D eigenvalue weighted by Crippen LogP contribution is -2.40. The molecule has 0 unspecified atom stereocenters. The van der Waals surface area contributed by atoms with Crippen molar-refractivity contribution in [1.29, 1.82) is 0 Å². The molecule has 1 aliphatic heterocycles. The van der Waals surface area contributed by atoms with Crippen LogP contribution in [0.4, 0.5) is 0 Å². The van der Waals surface area contributed by atoms with Crippen molar-refractivity contribution >= 4 is 15.9 Å². The number of nitrogens with one attached hydrogen (secondary N) is 1. The smallest absolute Gasteiger partial charge is 0.235 e. The van der Waals surface area contributed by atoms with E-state index in [0.717, 1.165) is 21.9 Å². The Morgan fingerprint density at radius 2 is 2.15 bits per heavy atom. The van der Waals surface area contributed by atoms with Crippen LogP contribution in [-0.4, -0.2) is 45.1 Å². The Balaban J connectivity index is 2.03. The Labute approximate surface area is 118 Å². The van der Waals surface area contributed by atoms with E-state index >= 15 is 0 Å². The minimum Gasteiger partial charge on any atom is -0.493 e. The lowest BCUT2D eigenvalue weighted by molar-refractivity contribution is -0.122. The number of sulfonamides is 1. The summed E-state index contributed by atoms with van der Waals surface area (Å²) in [4.78, 5) is 11.9. The van der Waals surface area contributed by atoms with E-state index in [4.69, 9.17) is 4.74 Å². The van der Waals surface area contributed by atoms with Crippen molar-refractivity contribution in [1.82, 2.24) is 9.62 Å². The van der Waals surface area contributed by atoms with Crippen LogP contribution in [0.1, 0.15) is 18.0 Å². The Bertz CT molecular complexity index is 600. The second-order valence-electron chi connectivity index (χ2n) is 4.81. The Hall–Kier alpha value is -1.60. The molecule has 0 saturated carbocycles. The van der Waals surface area contributed by atoms with Crippen LogP contribution in [0.5, 0.6) is 5.75 Å². The molecular formula is C13H18N2O4S. The van der Waals surface area contributed by atoms with E-state index in [1.165, 1.54) is 7.05 Å². The third-order valence-electron chi connectivity index (χ3n) is 3.23. The van der Waals surface area contributed by atoms with Gasteiger partial charge >= 0.3 is 0 Å². The van der Waals surface area contributed by atoms with E-state index in [9.17, 15) is 13.2 Å². The molecule has 1 atom stereocenters. The largest absolute Gasteiger partial charge is 0.493 e. The first-order valence-electron chi connectivity index (χ1n) is 6.30. The number of carbonyl (C=O) groups is 1. The van der Waals surface area contributed by atoms with Gasteiger partial charge in [0.1, 0.15) is 5.75 Å². The van der Waals surface area contributed by atoms with Crippen LogP contribution in [-0.2, 0) is 14.8 Å². The zero-order valence-corrected chi connectivity index (χ0v) is 12.3. The molecule has 0 aliphatic carbocycles. The van der Waals surface area contributed by atoms with Crippen LogP contribution < -0.4 is 10.1 Å². The maximum atomic E-state index is 11.9. The first-order valence-corrected chi connectivity index (χ1v) is 8.15. The summed E-state index contributed by atoms with van der Waals surface area (Å²) in [6.07, 6.45) is 1.75. The summed E-state index contributed by atoms with van der Waals surface area (Å²) in [5, 5.41) is 2.85. The van der Waals surface area contributed by atoms with Crippen molar-refractivity contribution < 1.29 is 17.9 Å². The molecule has 0 radical (unpaired) electrons. The molecule has 7 heteroatoms. The van der Waals surface area contributed by atoms with Crippen molar-refractivity contribution in [3.8, 4) is 5.75 Å². The van der Waals surface area contributed by atoms with Gasteiger partial charge in [0.05, 0.1) is 25.4 Å². The number of likely N-dealkylation sites (N-methyl/N-ethyl adjacent to an activating group) is 1. The summed E-state index contributed by atoms with van der Waals surface area (Å²) in [5.41, 5.74) is 0.925. The van der Waals surface area contributed by atoms with Gasteiger partial charge in [0.25, 0.3) is 0 Å². The molecule has 1 N–H and O–H groups in total. The molecule has 0 fully saturated rings. The summed E-state index contributed by atoms with van der Waals surface area (Å²) in [7, 11) is -1.97. The number of para-hydroxylation sites is 1. The molecule has 2 rings (SSSR count). The zero-order valence-electron chi connectivity index (χ0n) is 11.5. The molecule has 1 amide bonds. The molecule has 1 aromatic carbocycles. The van der Waals surface area contributed by atoms with Gasteiger partial charge < -0.3 is 10.1 Å². The topological polar surface area (TPSA) is 75.7 Å². The van der Waals surface area contributed by atoms with Crippen LogP contribution in [0.15, 0.2) is 24.3 Å². The van der Waals surface area contributed by atoms with Crippen LogP contribution in [0.2, 0.25) is 0 Å². The van der Waals surface area contributed by atoms with Crippen molar-refractivity contribution in [2.45, 2.75) is 12.5 Å². The molecule has 1 aliphatic rings. The molecule has 20 heavy (non-hydrogen) atoms. The van der Waals surface area contributed by atoms with Gasteiger partial charge in [-0.15, -0.1) is 0 Å². The minimum atomic E-state index is -3.35. The Morgan fingerprint density at radius 1 is 1.45 bits per heavy atom. The number of nitrogens with zero attached hydrogens (tertiary/aromatic N) is 1. The molecule has 110 valence electrons. The fourth-order valence-electron chi connectivity index (χ4n) is 2.05. The molecule has 1 aromatic rings. The molecular weight excluding hydrogens is 280 g/mol. The first-order chi connectivity index (χ1) is 9.38. The average Bonchev–Trinajstić information content (AvgIpc) is 2.38. The van der Waals surface area contributed by atoms with Crippen LogP contribution >= 0.6 is 0 Å². The summed E-state index contributed by atoms with van der Waals surface area (Å²) < 4.78 is 29.1. The number of carbonyl (C=O) groups excluding carboxylic acids is 1. The maximum absolute atomic E-state index is 11.9. The van der Waals surface area contributed by atoms with Gasteiger partial charge in [0, 0.05) is 19.0 Å². The summed E-state index contributed by atoms with van der Waals surface area (Å²) in [6.45, 7) is 0.349. The molecule has 0 aromatic heterocycles. The van der Waals surface area contributed by atoms with Crippen LogP contribution in [0.25, 0.3) is 0 Å². The number of hydrogen-bond donors (Lipinski definition) is 1. The highest BCUT2D eigenvalue weighted by Crippen LogP contribution is 2.31. The van der Waals surface area contributed by atoms with E-state index in [1.54, 1.807) is 0 Å². The average molecular weight is 298 g/mol. The van der Waals surface area contributed by atoms with E-state index in [2.05, 4.69) is 5.32 Å². The lowest BCUT2D eigenvalue weighted by Gasteiger charge is -2.27. The SMILES string of the molecule is CN(CC(=O)N[C@H]1CCOc2ccccc21)S(C)(=O)=O. The second-order valence-corrected chi connectivity index (χ2v) is 6.90.